The number of esters is 1. The van der Waals surface area contributed by atoms with Gasteiger partial charge in [0.1, 0.15) is 29.9 Å². The molecule has 1 amide bonds. The number of carbonyl (C=O) groups excluding carboxylic acids is 3. The van der Waals surface area contributed by atoms with E-state index in [1.807, 2.05) is 0 Å². The third kappa shape index (κ3) is 2.86. The fourth-order valence-corrected chi connectivity index (χ4v) is 3.88. The number of aliphatic carboxylic acids is 1. The molecule has 2 N–H and O–H groups in total. The highest BCUT2D eigenvalue weighted by atomic mass is 32.2. The molecule has 0 spiro atoms. The van der Waals surface area contributed by atoms with Crippen LogP contribution in [0.5, 0.6) is 0 Å². The van der Waals surface area contributed by atoms with Crippen LogP contribution in [0.15, 0.2) is 10.6 Å². The minimum absolute atomic E-state index is 0.228. The third-order valence-corrected chi connectivity index (χ3v) is 4.67. The second kappa shape index (κ2) is 6.09. The molecule has 0 saturated carbocycles. The van der Waals surface area contributed by atoms with Crippen LogP contribution in [-0.4, -0.2) is 56.8 Å². The second-order valence-electron chi connectivity index (χ2n) is 5.10. The number of ketones is 1. The van der Waals surface area contributed by atoms with Gasteiger partial charge in [0.25, 0.3) is 0 Å². The molecule has 0 aromatic heterocycles. The maximum absolute atomic E-state index is 11.9. The average Bonchev–Trinajstić information content (AvgIpc) is 2.69. The molecule has 1 fully saturated rings. The van der Waals surface area contributed by atoms with Crippen molar-refractivity contribution >= 4 is 35.4 Å². The maximum Gasteiger partial charge on any atom is 0.353 e. The standard InChI is InChI=1S/C13H15NO7S/c1-5(15)3-8(17)21-4-7-10(13(19)20)14-11(18)9(6(2)16)12(14)22-7/h6,9,12,16H,3-4H2,1-2H3,(H,19,20)/t6-,9+,12-/m1/s1. The van der Waals surface area contributed by atoms with Crippen LogP contribution in [0.3, 0.4) is 0 Å². The lowest BCUT2D eigenvalue weighted by Gasteiger charge is -2.43. The molecule has 2 heterocycles. The predicted octanol–water partition coefficient (Wildman–Crippen LogP) is -0.283. The molecule has 9 heteroatoms. The van der Waals surface area contributed by atoms with Gasteiger partial charge in [-0.15, -0.1) is 0 Å². The van der Waals surface area contributed by atoms with E-state index in [-0.39, 0.29) is 29.4 Å². The number of aliphatic hydroxyl groups excluding tert-OH is 1. The minimum atomic E-state index is -1.30. The fourth-order valence-electron chi connectivity index (χ4n) is 2.36. The number of fused-ring (bicyclic) bond motifs is 1. The number of nitrogens with zero attached hydrogens (tertiary/aromatic N) is 1. The summed E-state index contributed by atoms with van der Waals surface area (Å²) in [5.74, 6) is -3.55. The van der Waals surface area contributed by atoms with Crippen molar-refractivity contribution in [2.75, 3.05) is 6.61 Å². The van der Waals surface area contributed by atoms with Crippen LogP contribution in [-0.2, 0) is 23.9 Å². The van der Waals surface area contributed by atoms with Gasteiger partial charge in [0, 0.05) is 0 Å². The Morgan fingerprint density at radius 2 is 2.05 bits per heavy atom. The molecule has 8 nitrogen and oxygen atoms in total. The summed E-state index contributed by atoms with van der Waals surface area (Å²) in [4.78, 5) is 46.7. The first-order chi connectivity index (χ1) is 10.2. The molecule has 2 aliphatic rings. The second-order valence-corrected chi connectivity index (χ2v) is 6.31. The van der Waals surface area contributed by atoms with Crippen molar-refractivity contribution < 1.29 is 34.1 Å². The number of hydrogen-bond donors (Lipinski definition) is 2. The summed E-state index contributed by atoms with van der Waals surface area (Å²) in [5.41, 5.74) is -0.229. The third-order valence-electron chi connectivity index (χ3n) is 3.33. The number of aliphatic hydroxyl groups is 1. The van der Waals surface area contributed by atoms with Gasteiger partial charge in [-0.05, 0) is 13.8 Å². The van der Waals surface area contributed by atoms with E-state index < -0.39 is 35.2 Å². The Kier molecular flexibility index (Phi) is 4.57. The Balaban J connectivity index is 2.10. The lowest BCUT2D eigenvalue weighted by Crippen LogP contribution is -2.60. The monoisotopic (exact) mass is 329 g/mol. The molecule has 0 unspecified atom stereocenters. The van der Waals surface area contributed by atoms with Crippen LogP contribution in [0.1, 0.15) is 20.3 Å². The Morgan fingerprint density at radius 1 is 1.41 bits per heavy atom. The maximum atomic E-state index is 11.9. The number of thioether (sulfide) groups is 1. The predicted molar refractivity (Wildman–Crippen MR) is 74.3 cm³/mol. The molecular weight excluding hydrogens is 314 g/mol. The molecule has 0 aromatic carbocycles. The van der Waals surface area contributed by atoms with Crippen LogP contribution < -0.4 is 0 Å². The number of carboxylic acid groups (broad SMARTS) is 1. The molecule has 2 aliphatic heterocycles. The van der Waals surface area contributed by atoms with Gasteiger partial charge in [-0.1, -0.05) is 11.8 Å². The van der Waals surface area contributed by atoms with Crippen molar-refractivity contribution in [1.29, 1.82) is 0 Å². The number of hydrogen-bond acceptors (Lipinski definition) is 7. The summed E-state index contributed by atoms with van der Waals surface area (Å²) in [5, 5.41) is 18.3. The van der Waals surface area contributed by atoms with Gasteiger partial charge in [0.15, 0.2) is 0 Å². The smallest absolute Gasteiger partial charge is 0.353 e. The topological polar surface area (TPSA) is 121 Å². The molecule has 3 atom stereocenters. The number of carbonyl (C=O) groups is 4. The van der Waals surface area contributed by atoms with E-state index in [2.05, 4.69) is 0 Å². The number of carboxylic acids is 1. The van der Waals surface area contributed by atoms with Crippen LogP contribution in [0, 0.1) is 5.92 Å². The molecule has 22 heavy (non-hydrogen) atoms. The number of amides is 1. The zero-order chi connectivity index (χ0) is 16.6. The first kappa shape index (κ1) is 16.5. The van der Waals surface area contributed by atoms with Crippen LogP contribution in [0.25, 0.3) is 0 Å². The van der Waals surface area contributed by atoms with Crippen molar-refractivity contribution in [3.63, 3.8) is 0 Å². The van der Waals surface area contributed by atoms with Crippen molar-refractivity contribution in [2.45, 2.75) is 31.7 Å². The first-order valence-electron chi connectivity index (χ1n) is 6.53. The highest BCUT2D eigenvalue weighted by Crippen LogP contribution is 2.50. The van der Waals surface area contributed by atoms with Gasteiger partial charge < -0.3 is 14.9 Å². The van der Waals surface area contributed by atoms with E-state index in [0.29, 0.717) is 0 Å². The van der Waals surface area contributed by atoms with Gasteiger partial charge in [0.05, 0.1) is 16.9 Å². The Hall–Kier alpha value is -1.87. The molecule has 0 radical (unpaired) electrons. The van der Waals surface area contributed by atoms with E-state index >= 15 is 0 Å². The van der Waals surface area contributed by atoms with E-state index in [1.165, 1.54) is 13.8 Å². The number of ether oxygens (including phenoxy) is 1. The molecule has 1 saturated heterocycles. The van der Waals surface area contributed by atoms with E-state index in [0.717, 1.165) is 16.7 Å². The van der Waals surface area contributed by atoms with Crippen molar-refractivity contribution in [1.82, 2.24) is 4.90 Å². The average molecular weight is 329 g/mol. The van der Waals surface area contributed by atoms with Crippen molar-refractivity contribution in [3.8, 4) is 0 Å². The number of Topliss-reactive ketones (excluding diaryl/α,β-unsaturated/α-hetero) is 1. The summed E-state index contributed by atoms with van der Waals surface area (Å²) >= 11 is 1.08. The Bertz CT molecular complexity index is 583. The van der Waals surface area contributed by atoms with Crippen LogP contribution in [0.4, 0.5) is 0 Å². The van der Waals surface area contributed by atoms with E-state index in [9.17, 15) is 29.4 Å². The normalized spacial score (nSPS) is 24.7. The highest BCUT2D eigenvalue weighted by Gasteiger charge is 2.57. The fraction of sp³-hybridized carbons (Fsp3) is 0.538. The SMILES string of the molecule is CC(=O)CC(=O)OCC1=C(C(=O)O)N2C(=O)[C@H]([C@@H](C)O)[C@H]2S1. The summed E-state index contributed by atoms with van der Waals surface area (Å²) in [7, 11) is 0. The number of β-lactam (4-membered cyclic amide) rings is 1. The quantitative estimate of drug-likeness (QED) is 0.387. The largest absolute Gasteiger partial charge is 0.477 e. The zero-order valence-corrected chi connectivity index (χ0v) is 12.8. The molecular formula is C13H15NO7S. The molecule has 0 aromatic rings. The van der Waals surface area contributed by atoms with Gasteiger partial charge in [-0.3, -0.25) is 19.3 Å². The summed E-state index contributed by atoms with van der Waals surface area (Å²) in [6.07, 6.45) is -1.28. The van der Waals surface area contributed by atoms with Crippen molar-refractivity contribution in [3.05, 3.63) is 10.6 Å². The van der Waals surface area contributed by atoms with E-state index in [4.69, 9.17) is 4.74 Å². The lowest BCUT2D eigenvalue weighted by molar-refractivity contribution is -0.156. The Labute approximate surface area is 130 Å². The Morgan fingerprint density at radius 3 is 2.55 bits per heavy atom. The summed E-state index contributed by atoms with van der Waals surface area (Å²) in [6, 6.07) is 0. The highest BCUT2D eigenvalue weighted by molar-refractivity contribution is 8.04. The van der Waals surface area contributed by atoms with Gasteiger partial charge in [-0.25, -0.2) is 4.79 Å². The van der Waals surface area contributed by atoms with Crippen LogP contribution >= 0.6 is 11.8 Å². The van der Waals surface area contributed by atoms with E-state index in [1.54, 1.807) is 0 Å². The first-order valence-corrected chi connectivity index (χ1v) is 7.41. The summed E-state index contributed by atoms with van der Waals surface area (Å²) in [6.45, 7) is 2.39. The molecule has 2 rings (SSSR count). The van der Waals surface area contributed by atoms with Gasteiger partial charge in [-0.2, -0.15) is 0 Å². The molecule has 120 valence electrons. The summed E-state index contributed by atoms with van der Waals surface area (Å²) < 4.78 is 4.87. The zero-order valence-electron chi connectivity index (χ0n) is 11.9. The number of rotatable bonds is 6. The molecule has 0 bridgehead atoms. The molecule has 0 aliphatic carbocycles. The van der Waals surface area contributed by atoms with Crippen LogP contribution in [0.2, 0.25) is 0 Å². The van der Waals surface area contributed by atoms with Gasteiger partial charge in [0.2, 0.25) is 5.91 Å². The van der Waals surface area contributed by atoms with Gasteiger partial charge >= 0.3 is 11.9 Å². The lowest BCUT2D eigenvalue weighted by atomic mass is 9.92. The van der Waals surface area contributed by atoms with Crippen molar-refractivity contribution in [2.24, 2.45) is 5.92 Å². The minimum Gasteiger partial charge on any atom is -0.477 e.